The molecule has 0 bridgehead atoms. The highest BCUT2D eigenvalue weighted by molar-refractivity contribution is 6.30. The molecule has 2 rings (SSSR count). The van der Waals surface area contributed by atoms with Crippen molar-refractivity contribution in [2.45, 2.75) is 32.4 Å². The third kappa shape index (κ3) is 1.04. The van der Waals surface area contributed by atoms with Gasteiger partial charge in [0.2, 0.25) is 0 Å². The molecule has 1 aromatic heterocycles. The molecule has 1 aliphatic rings. The highest BCUT2D eigenvalue weighted by atomic mass is 35.5. The Bertz CT molecular complexity index is 306. The van der Waals surface area contributed by atoms with Gasteiger partial charge in [0.05, 0.1) is 11.8 Å². The van der Waals surface area contributed by atoms with Crippen molar-refractivity contribution in [1.29, 1.82) is 0 Å². The number of aliphatic hydroxyl groups excluding tert-OH is 1. The molecule has 0 aromatic carbocycles. The molecule has 1 aromatic rings. The quantitative estimate of drug-likeness (QED) is 0.723. The molecule has 1 unspecified atom stereocenters. The van der Waals surface area contributed by atoms with Crippen molar-refractivity contribution in [2.75, 3.05) is 0 Å². The largest absolute Gasteiger partial charge is 0.387 e. The van der Waals surface area contributed by atoms with Crippen molar-refractivity contribution < 1.29 is 5.11 Å². The Morgan fingerprint density at radius 1 is 1.67 bits per heavy atom. The Kier molecular flexibility index (Phi) is 1.85. The molecule has 4 heteroatoms. The Hall–Kier alpha value is -0.540. The zero-order chi connectivity index (χ0) is 8.72. The van der Waals surface area contributed by atoms with Crippen LogP contribution in [0.25, 0.3) is 0 Å². The summed E-state index contributed by atoms with van der Waals surface area (Å²) in [6.45, 7) is 2.66. The molecule has 12 heavy (non-hydrogen) atoms. The van der Waals surface area contributed by atoms with Crippen LogP contribution >= 0.6 is 11.6 Å². The number of aromatic nitrogens is 2. The molecule has 1 N–H and O–H groups in total. The van der Waals surface area contributed by atoms with Crippen molar-refractivity contribution in [1.82, 2.24) is 9.55 Å². The molecule has 0 fully saturated rings. The summed E-state index contributed by atoms with van der Waals surface area (Å²) in [5.74, 6) is 1.01. The standard InChI is InChI=1S/C8H11ClN2O/c1-5(12)7-8(9)10-6-3-2-4-11(6)7/h5,12H,2-4H2,1H3. The third-order valence-electron chi connectivity index (χ3n) is 2.22. The van der Waals surface area contributed by atoms with Gasteiger partial charge >= 0.3 is 0 Å². The van der Waals surface area contributed by atoms with Crippen LogP contribution in [0, 0.1) is 0 Å². The van der Waals surface area contributed by atoms with Crippen LogP contribution in [0.3, 0.4) is 0 Å². The molecule has 2 heterocycles. The van der Waals surface area contributed by atoms with Gasteiger partial charge in [0, 0.05) is 13.0 Å². The molecule has 0 saturated heterocycles. The number of hydrogen-bond donors (Lipinski definition) is 1. The lowest BCUT2D eigenvalue weighted by molar-refractivity contribution is 0.189. The number of fused-ring (bicyclic) bond motifs is 1. The molecular formula is C8H11ClN2O. The first-order valence-electron chi connectivity index (χ1n) is 4.13. The van der Waals surface area contributed by atoms with Crippen LogP contribution in [0.15, 0.2) is 0 Å². The van der Waals surface area contributed by atoms with Crippen molar-refractivity contribution in [3.05, 3.63) is 16.7 Å². The number of aryl methyl sites for hydroxylation is 1. The van der Waals surface area contributed by atoms with Crippen molar-refractivity contribution in [3.8, 4) is 0 Å². The Morgan fingerprint density at radius 3 is 3.08 bits per heavy atom. The van der Waals surface area contributed by atoms with E-state index in [1.165, 1.54) is 0 Å². The first-order chi connectivity index (χ1) is 5.70. The van der Waals surface area contributed by atoms with Crippen LogP contribution in [0.2, 0.25) is 5.15 Å². The number of rotatable bonds is 1. The van der Waals surface area contributed by atoms with Crippen molar-refractivity contribution >= 4 is 11.6 Å². The number of hydrogen-bond acceptors (Lipinski definition) is 2. The molecule has 0 radical (unpaired) electrons. The van der Waals surface area contributed by atoms with Gasteiger partial charge < -0.3 is 9.67 Å². The highest BCUT2D eigenvalue weighted by Crippen LogP contribution is 2.27. The predicted octanol–water partition coefficient (Wildman–Crippen LogP) is 1.54. The molecule has 0 spiro atoms. The first-order valence-corrected chi connectivity index (χ1v) is 4.51. The van der Waals surface area contributed by atoms with Crippen LogP contribution in [0.5, 0.6) is 0 Å². The number of nitrogens with zero attached hydrogens (tertiary/aromatic N) is 2. The lowest BCUT2D eigenvalue weighted by Crippen LogP contribution is -2.03. The second-order valence-corrected chi connectivity index (χ2v) is 3.49. The zero-order valence-corrected chi connectivity index (χ0v) is 7.67. The van der Waals surface area contributed by atoms with Gasteiger partial charge in [0.15, 0.2) is 5.15 Å². The normalized spacial score (nSPS) is 17.9. The van der Waals surface area contributed by atoms with Gasteiger partial charge in [0.25, 0.3) is 0 Å². The number of aliphatic hydroxyl groups is 1. The summed E-state index contributed by atoms with van der Waals surface area (Å²) in [7, 11) is 0. The van der Waals surface area contributed by atoms with E-state index >= 15 is 0 Å². The Morgan fingerprint density at radius 2 is 2.42 bits per heavy atom. The van der Waals surface area contributed by atoms with E-state index in [1.807, 2.05) is 4.57 Å². The van der Waals surface area contributed by atoms with Gasteiger partial charge in [-0.3, -0.25) is 0 Å². The van der Waals surface area contributed by atoms with E-state index in [1.54, 1.807) is 6.92 Å². The SMILES string of the molecule is CC(O)c1c(Cl)nc2n1CCC2. The Balaban J connectivity index is 2.52. The fraction of sp³-hybridized carbons (Fsp3) is 0.625. The van der Waals surface area contributed by atoms with Crippen LogP contribution in [0.4, 0.5) is 0 Å². The minimum atomic E-state index is -0.517. The van der Waals surface area contributed by atoms with E-state index in [2.05, 4.69) is 4.98 Å². The van der Waals surface area contributed by atoms with E-state index in [0.717, 1.165) is 30.9 Å². The van der Waals surface area contributed by atoms with E-state index in [-0.39, 0.29) is 0 Å². The maximum Gasteiger partial charge on any atom is 0.153 e. The molecule has 0 saturated carbocycles. The van der Waals surface area contributed by atoms with Crippen molar-refractivity contribution in [2.24, 2.45) is 0 Å². The van der Waals surface area contributed by atoms with E-state index < -0.39 is 6.10 Å². The van der Waals surface area contributed by atoms with Gasteiger partial charge in [-0.25, -0.2) is 4.98 Å². The fourth-order valence-corrected chi connectivity index (χ4v) is 2.07. The molecule has 66 valence electrons. The van der Waals surface area contributed by atoms with Crippen molar-refractivity contribution in [3.63, 3.8) is 0 Å². The summed E-state index contributed by atoms with van der Waals surface area (Å²) in [6.07, 6.45) is 1.57. The number of halogens is 1. The average Bonchev–Trinajstić information content (AvgIpc) is 2.44. The van der Waals surface area contributed by atoms with E-state index in [4.69, 9.17) is 11.6 Å². The van der Waals surface area contributed by atoms with Gasteiger partial charge in [-0.15, -0.1) is 0 Å². The van der Waals surface area contributed by atoms with Crippen LogP contribution in [-0.2, 0) is 13.0 Å². The molecule has 0 amide bonds. The fourth-order valence-electron chi connectivity index (χ4n) is 1.71. The first kappa shape index (κ1) is 8.08. The highest BCUT2D eigenvalue weighted by Gasteiger charge is 2.22. The van der Waals surface area contributed by atoms with Crippen LogP contribution < -0.4 is 0 Å². The summed E-state index contributed by atoms with van der Waals surface area (Å²) < 4.78 is 2.02. The van der Waals surface area contributed by atoms with Gasteiger partial charge in [-0.2, -0.15) is 0 Å². The molecule has 0 aliphatic carbocycles. The maximum atomic E-state index is 9.41. The minimum absolute atomic E-state index is 0.458. The summed E-state index contributed by atoms with van der Waals surface area (Å²) >= 11 is 5.87. The lowest BCUT2D eigenvalue weighted by Gasteiger charge is -2.07. The maximum absolute atomic E-state index is 9.41. The van der Waals surface area contributed by atoms with Crippen LogP contribution in [-0.4, -0.2) is 14.7 Å². The summed E-state index contributed by atoms with van der Waals surface area (Å²) in [6, 6.07) is 0. The lowest BCUT2D eigenvalue weighted by atomic mass is 10.3. The van der Waals surface area contributed by atoms with Crippen LogP contribution in [0.1, 0.15) is 31.0 Å². The van der Waals surface area contributed by atoms with Gasteiger partial charge in [-0.05, 0) is 13.3 Å². The summed E-state index contributed by atoms with van der Waals surface area (Å²) in [4.78, 5) is 4.18. The minimum Gasteiger partial charge on any atom is -0.387 e. The third-order valence-corrected chi connectivity index (χ3v) is 2.50. The molecule has 1 aliphatic heterocycles. The molecule has 1 atom stereocenters. The molecule has 3 nitrogen and oxygen atoms in total. The van der Waals surface area contributed by atoms with E-state index in [0.29, 0.717) is 5.15 Å². The summed E-state index contributed by atoms with van der Waals surface area (Å²) in [5.41, 5.74) is 0.768. The van der Waals surface area contributed by atoms with Gasteiger partial charge in [0.1, 0.15) is 5.82 Å². The monoisotopic (exact) mass is 186 g/mol. The average molecular weight is 187 g/mol. The smallest absolute Gasteiger partial charge is 0.153 e. The Labute approximate surface area is 76.0 Å². The van der Waals surface area contributed by atoms with Gasteiger partial charge in [-0.1, -0.05) is 11.6 Å². The topological polar surface area (TPSA) is 38.1 Å². The second-order valence-electron chi connectivity index (χ2n) is 3.14. The number of imidazole rings is 1. The summed E-state index contributed by atoms with van der Waals surface area (Å²) in [5, 5.41) is 9.87. The predicted molar refractivity (Wildman–Crippen MR) is 46.2 cm³/mol. The second kappa shape index (κ2) is 2.75. The van der Waals surface area contributed by atoms with E-state index in [9.17, 15) is 5.11 Å². The zero-order valence-electron chi connectivity index (χ0n) is 6.92. The molecular weight excluding hydrogens is 176 g/mol.